The fourth-order valence-corrected chi connectivity index (χ4v) is 3.67. The highest BCUT2D eigenvalue weighted by Gasteiger charge is 2.27. The normalized spacial score (nSPS) is 15.1. The van der Waals surface area contributed by atoms with Crippen LogP contribution in [0, 0.1) is 6.92 Å². The van der Waals surface area contributed by atoms with Gasteiger partial charge in [0.2, 0.25) is 9.05 Å². The monoisotopic (exact) mass is 281 g/mol. The van der Waals surface area contributed by atoms with Gasteiger partial charge in [-0.25, -0.2) is 13.4 Å². The van der Waals surface area contributed by atoms with Crippen LogP contribution < -0.4 is 0 Å². The quantitative estimate of drug-likeness (QED) is 0.781. The summed E-state index contributed by atoms with van der Waals surface area (Å²) >= 11 is 1.43. The van der Waals surface area contributed by atoms with Crippen LogP contribution in [0.25, 0.3) is 0 Å². The number of hydrogen-bond acceptors (Lipinski definition) is 4. The molecule has 0 saturated heterocycles. The number of halogens is 1. The summed E-state index contributed by atoms with van der Waals surface area (Å²) in [5.74, 6) is 0. The van der Waals surface area contributed by atoms with Gasteiger partial charge < -0.3 is 0 Å². The number of aryl methyl sites for hydroxylation is 1. The molecule has 0 aliphatic carbocycles. The van der Waals surface area contributed by atoms with E-state index in [1.54, 1.807) is 6.92 Å². The number of thiazole rings is 1. The minimum absolute atomic E-state index is 0.0660. The van der Waals surface area contributed by atoms with Crippen molar-refractivity contribution < 1.29 is 8.42 Å². The molecule has 1 heterocycles. The van der Waals surface area contributed by atoms with Gasteiger partial charge in [-0.1, -0.05) is 20.8 Å². The summed E-state index contributed by atoms with van der Waals surface area (Å²) in [6, 6.07) is 0. The van der Waals surface area contributed by atoms with Gasteiger partial charge in [-0.3, -0.25) is 0 Å². The Labute approximate surface area is 105 Å². The Morgan fingerprint density at radius 3 is 2.19 bits per heavy atom. The van der Waals surface area contributed by atoms with Crippen molar-refractivity contribution >= 4 is 31.1 Å². The second-order valence-electron chi connectivity index (χ2n) is 4.84. The predicted octanol–water partition coefficient (Wildman–Crippen LogP) is 3.38. The van der Waals surface area contributed by atoms with E-state index in [-0.39, 0.29) is 5.41 Å². The Bertz CT molecular complexity index is 485. The fraction of sp³-hybridized carbons (Fsp3) is 0.700. The topological polar surface area (TPSA) is 47.0 Å². The van der Waals surface area contributed by atoms with Gasteiger partial charge in [-0.2, -0.15) is 0 Å². The van der Waals surface area contributed by atoms with Crippen LogP contribution in [0.3, 0.4) is 0 Å². The van der Waals surface area contributed by atoms with Gasteiger partial charge in [0.1, 0.15) is 5.25 Å². The molecular weight excluding hydrogens is 266 g/mol. The summed E-state index contributed by atoms with van der Waals surface area (Å²) in [6.07, 6.45) is 0. The van der Waals surface area contributed by atoms with Gasteiger partial charge >= 0.3 is 0 Å². The standard InChI is InChI=1S/C10H16ClNO2S2/c1-6-8(7(2)16(11,13)14)15-9(12-6)10(3,4)5/h7H,1-5H3. The molecule has 1 aromatic heterocycles. The van der Waals surface area contributed by atoms with Crippen LogP contribution in [0.4, 0.5) is 0 Å². The van der Waals surface area contributed by atoms with Gasteiger partial charge in [-0.15, -0.1) is 11.3 Å². The van der Waals surface area contributed by atoms with Crippen molar-refractivity contribution in [3.8, 4) is 0 Å². The Balaban J connectivity index is 3.23. The molecule has 6 heteroatoms. The number of rotatable bonds is 2. The van der Waals surface area contributed by atoms with Crippen molar-refractivity contribution in [2.75, 3.05) is 0 Å². The van der Waals surface area contributed by atoms with Crippen molar-refractivity contribution in [1.82, 2.24) is 4.98 Å². The zero-order chi connectivity index (χ0) is 12.7. The second-order valence-corrected chi connectivity index (χ2v) is 8.82. The van der Waals surface area contributed by atoms with E-state index in [2.05, 4.69) is 25.8 Å². The first kappa shape index (κ1) is 13.9. The number of nitrogens with zero attached hydrogens (tertiary/aromatic N) is 1. The van der Waals surface area contributed by atoms with E-state index < -0.39 is 14.3 Å². The van der Waals surface area contributed by atoms with Gasteiger partial charge in [-0.05, 0) is 13.8 Å². The molecule has 0 radical (unpaired) electrons. The first-order valence-electron chi connectivity index (χ1n) is 4.94. The lowest BCUT2D eigenvalue weighted by Gasteiger charge is -2.13. The molecular formula is C10H16ClNO2S2. The smallest absolute Gasteiger partial charge is 0.240 e. The summed E-state index contributed by atoms with van der Waals surface area (Å²) in [5, 5.41) is 0.245. The van der Waals surface area contributed by atoms with E-state index in [0.717, 1.165) is 15.6 Å². The summed E-state index contributed by atoms with van der Waals surface area (Å²) in [7, 11) is 1.80. The third-order valence-corrected chi connectivity index (χ3v) is 6.06. The molecule has 0 aromatic carbocycles. The predicted molar refractivity (Wildman–Crippen MR) is 68.7 cm³/mol. The minimum Gasteiger partial charge on any atom is -0.246 e. The number of aromatic nitrogens is 1. The summed E-state index contributed by atoms with van der Waals surface area (Å²) in [5.41, 5.74) is 0.690. The highest BCUT2D eigenvalue weighted by Crippen LogP contribution is 2.36. The Hall–Kier alpha value is -0.130. The molecule has 0 amide bonds. The lowest BCUT2D eigenvalue weighted by Crippen LogP contribution is -2.10. The molecule has 0 spiro atoms. The highest BCUT2D eigenvalue weighted by atomic mass is 35.7. The van der Waals surface area contributed by atoms with Crippen LogP contribution in [-0.4, -0.2) is 13.4 Å². The lowest BCUT2D eigenvalue weighted by atomic mass is 9.98. The minimum atomic E-state index is -3.57. The van der Waals surface area contributed by atoms with E-state index in [1.807, 2.05) is 6.92 Å². The van der Waals surface area contributed by atoms with Gasteiger partial charge in [0.25, 0.3) is 0 Å². The van der Waals surface area contributed by atoms with Crippen molar-refractivity contribution in [2.24, 2.45) is 0 Å². The van der Waals surface area contributed by atoms with Crippen LogP contribution in [0.2, 0.25) is 0 Å². The van der Waals surface area contributed by atoms with Crippen LogP contribution in [0.15, 0.2) is 0 Å². The molecule has 0 N–H and O–H groups in total. The maximum Gasteiger partial charge on any atom is 0.240 e. The molecule has 16 heavy (non-hydrogen) atoms. The number of hydrogen-bond donors (Lipinski definition) is 0. The first-order valence-corrected chi connectivity index (χ1v) is 8.13. The van der Waals surface area contributed by atoms with E-state index in [0.29, 0.717) is 0 Å². The summed E-state index contributed by atoms with van der Waals surface area (Å²) in [6.45, 7) is 9.56. The van der Waals surface area contributed by atoms with Crippen LogP contribution in [0.1, 0.15) is 48.5 Å². The first-order chi connectivity index (χ1) is 7.03. The van der Waals surface area contributed by atoms with Crippen molar-refractivity contribution in [3.63, 3.8) is 0 Å². The Morgan fingerprint density at radius 2 is 1.88 bits per heavy atom. The Morgan fingerprint density at radius 1 is 1.38 bits per heavy atom. The van der Waals surface area contributed by atoms with Gasteiger partial charge in [0, 0.05) is 21.0 Å². The van der Waals surface area contributed by atoms with Crippen LogP contribution >= 0.6 is 22.0 Å². The molecule has 3 nitrogen and oxygen atoms in total. The average Bonchev–Trinajstić information content (AvgIpc) is 2.43. The average molecular weight is 282 g/mol. The molecule has 92 valence electrons. The van der Waals surface area contributed by atoms with Crippen LogP contribution in [0.5, 0.6) is 0 Å². The van der Waals surface area contributed by atoms with E-state index in [9.17, 15) is 8.42 Å². The Kier molecular flexibility index (Phi) is 3.72. The maximum atomic E-state index is 11.3. The largest absolute Gasteiger partial charge is 0.246 e. The SMILES string of the molecule is Cc1nc(C(C)(C)C)sc1C(C)S(=O)(=O)Cl. The van der Waals surface area contributed by atoms with E-state index in [1.165, 1.54) is 11.3 Å². The maximum absolute atomic E-state index is 11.3. The zero-order valence-corrected chi connectivity index (χ0v) is 12.4. The summed E-state index contributed by atoms with van der Waals surface area (Å²) < 4.78 is 22.6. The fourth-order valence-electron chi connectivity index (χ4n) is 1.23. The second kappa shape index (κ2) is 4.27. The zero-order valence-electron chi connectivity index (χ0n) is 10.0. The molecule has 1 atom stereocenters. The molecule has 0 bridgehead atoms. The van der Waals surface area contributed by atoms with Crippen LogP contribution in [-0.2, 0) is 14.5 Å². The third-order valence-electron chi connectivity index (χ3n) is 2.27. The molecule has 1 aromatic rings. The van der Waals surface area contributed by atoms with Gasteiger partial charge in [0.15, 0.2) is 0 Å². The van der Waals surface area contributed by atoms with E-state index >= 15 is 0 Å². The van der Waals surface area contributed by atoms with Crippen molar-refractivity contribution in [3.05, 3.63) is 15.6 Å². The molecule has 1 unspecified atom stereocenters. The molecule has 1 rings (SSSR count). The lowest BCUT2D eigenvalue weighted by molar-refractivity contribution is 0.584. The summed E-state index contributed by atoms with van der Waals surface area (Å²) in [4.78, 5) is 5.15. The van der Waals surface area contributed by atoms with Crippen molar-refractivity contribution in [2.45, 2.75) is 45.3 Å². The highest BCUT2D eigenvalue weighted by molar-refractivity contribution is 8.14. The molecule has 0 aliphatic rings. The molecule has 0 saturated carbocycles. The molecule has 0 aliphatic heterocycles. The van der Waals surface area contributed by atoms with E-state index in [4.69, 9.17) is 10.7 Å². The van der Waals surface area contributed by atoms with Gasteiger partial charge in [0.05, 0.1) is 10.7 Å². The third kappa shape index (κ3) is 2.96. The van der Waals surface area contributed by atoms with Crippen molar-refractivity contribution in [1.29, 1.82) is 0 Å². The molecule has 0 fully saturated rings.